The standard InChI is InChI=1S/C10H11FN4/c11-9-3-8(1-2-12)4-10(5-9)15-7-13-6-14-15/h3-7H,1-2,12H2. The van der Waals surface area contributed by atoms with Crippen LogP contribution in [0, 0.1) is 5.82 Å². The molecule has 1 aromatic heterocycles. The minimum Gasteiger partial charge on any atom is -0.330 e. The van der Waals surface area contributed by atoms with Crippen molar-refractivity contribution in [3.05, 3.63) is 42.2 Å². The molecule has 0 bridgehead atoms. The largest absolute Gasteiger partial charge is 0.330 e. The molecule has 5 heteroatoms. The fourth-order valence-electron chi connectivity index (χ4n) is 1.42. The van der Waals surface area contributed by atoms with Crippen molar-refractivity contribution in [2.75, 3.05) is 6.54 Å². The Balaban J connectivity index is 2.40. The molecular formula is C10H11FN4. The fourth-order valence-corrected chi connectivity index (χ4v) is 1.42. The van der Waals surface area contributed by atoms with E-state index in [1.165, 1.54) is 29.5 Å². The van der Waals surface area contributed by atoms with E-state index in [-0.39, 0.29) is 5.82 Å². The molecule has 1 heterocycles. The summed E-state index contributed by atoms with van der Waals surface area (Å²) in [5, 5.41) is 3.94. The van der Waals surface area contributed by atoms with Crippen LogP contribution < -0.4 is 5.73 Å². The van der Waals surface area contributed by atoms with Crippen molar-refractivity contribution in [2.24, 2.45) is 5.73 Å². The monoisotopic (exact) mass is 206 g/mol. The molecule has 0 atom stereocenters. The summed E-state index contributed by atoms with van der Waals surface area (Å²) in [5.74, 6) is -0.286. The van der Waals surface area contributed by atoms with Crippen molar-refractivity contribution < 1.29 is 4.39 Å². The normalized spacial score (nSPS) is 10.5. The lowest BCUT2D eigenvalue weighted by molar-refractivity contribution is 0.622. The Hall–Kier alpha value is -1.75. The summed E-state index contributed by atoms with van der Waals surface area (Å²) in [7, 11) is 0. The summed E-state index contributed by atoms with van der Waals surface area (Å²) in [6, 6.07) is 4.74. The molecule has 0 unspecified atom stereocenters. The molecule has 4 nitrogen and oxygen atoms in total. The van der Waals surface area contributed by atoms with Gasteiger partial charge in [-0.3, -0.25) is 0 Å². The SMILES string of the molecule is NCCc1cc(F)cc(-n2cncn2)c1. The molecule has 78 valence electrons. The molecule has 0 saturated heterocycles. The minimum absolute atomic E-state index is 0.286. The highest BCUT2D eigenvalue weighted by atomic mass is 19.1. The van der Waals surface area contributed by atoms with Crippen molar-refractivity contribution in [3.8, 4) is 5.69 Å². The van der Waals surface area contributed by atoms with Gasteiger partial charge >= 0.3 is 0 Å². The van der Waals surface area contributed by atoms with E-state index in [4.69, 9.17) is 5.73 Å². The number of benzene rings is 1. The van der Waals surface area contributed by atoms with Gasteiger partial charge in [-0.05, 0) is 36.7 Å². The van der Waals surface area contributed by atoms with Gasteiger partial charge in [0.15, 0.2) is 0 Å². The van der Waals surface area contributed by atoms with E-state index in [0.29, 0.717) is 18.7 Å². The molecule has 2 aromatic rings. The molecule has 0 radical (unpaired) electrons. The van der Waals surface area contributed by atoms with Crippen molar-refractivity contribution in [1.82, 2.24) is 14.8 Å². The number of hydrogen-bond donors (Lipinski definition) is 1. The third-order valence-electron chi connectivity index (χ3n) is 2.06. The molecule has 0 amide bonds. The van der Waals surface area contributed by atoms with E-state index in [1.807, 2.05) is 6.07 Å². The van der Waals surface area contributed by atoms with E-state index in [1.54, 1.807) is 0 Å². The van der Waals surface area contributed by atoms with Crippen molar-refractivity contribution in [2.45, 2.75) is 6.42 Å². The van der Waals surface area contributed by atoms with Gasteiger partial charge in [0.05, 0.1) is 5.69 Å². The molecule has 1 aromatic carbocycles. The van der Waals surface area contributed by atoms with Crippen molar-refractivity contribution in [3.63, 3.8) is 0 Å². The molecule has 0 fully saturated rings. The lowest BCUT2D eigenvalue weighted by atomic mass is 10.1. The topological polar surface area (TPSA) is 56.7 Å². The Kier molecular flexibility index (Phi) is 2.73. The molecular weight excluding hydrogens is 195 g/mol. The average Bonchev–Trinajstić information content (AvgIpc) is 2.70. The Bertz CT molecular complexity index is 439. The highest BCUT2D eigenvalue weighted by Gasteiger charge is 2.02. The lowest BCUT2D eigenvalue weighted by Crippen LogP contribution is -2.04. The number of rotatable bonds is 3. The molecule has 0 aliphatic carbocycles. The van der Waals surface area contributed by atoms with Crippen LogP contribution in [0.4, 0.5) is 4.39 Å². The van der Waals surface area contributed by atoms with Crippen LogP contribution in [-0.4, -0.2) is 21.3 Å². The second-order valence-corrected chi connectivity index (χ2v) is 3.20. The zero-order valence-electron chi connectivity index (χ0n) is 8.10. The molecule has 0 aliphatic rings. The Morgan fingerprint density at radius 2 is 2.20 bits per heavy atom. The first-order valence-corrected chi connectivity index (χ1v) is 4.64. The number of halogens is 1. The van der Waals surface area contributed by atoms with Crippen LogP contribution in [0.3, 0.4) is 0 Å². The second kappa shape index (κ2) is 4.18. The third kappa shape index (κ3) is 2.19. The quantitative estimate of drug-likeness (QED) is 0.812. The number of hydrogen-bond acceptors (Lipinski definition) is 3. The van der Waals surface area contributed by atoms with Gasteiger partial charge < -0.3 is 5.73 Å². The van der Waals surface area contributed by atoms with Crippen LogP contribution in [0.5, 0.6) is 0 Å². The van der Waals surface area contributed by atoms with Crippen molar-refractivity contribution >= 4 is 0 Å². The molecule has 0 spiro atoms. The van der Waals surface area contributed by atoms with E-state index in [2.05, 4.69) is 10.1 Å². The Morgan fingerprint density at radius 3 is 2.87 bits per heavy atom. The maximum absolute atomic E-state index is 13.2. The fraction of sp³-hybridized carbons (Fsp3) is 0.200. The Labute approximate surface area is 86.6 Å². The van der Waals surface area contributed by atoms with Gasteiger partial charge in [0.1, 0.15) is 18.5 Å². The first-order chi connectivity index (χ1) is 7.29. The van der Waals surface area contributed by atoms with Crippen LogP contribution in [0.25, 0.3) is 5.69 Å². The zero-order valence-corrected chi connectivity index (χ0v) is 8.10. The second-order valence-electron chi connectivity index (χ2n) is 3.20. The summed E-state index contributed by atoms with van der Waals surface area (Å²) in [4.78, 5) is 3.81. The smallest absolute Gasteiger partial charge is 0.138 e. The highest BCUT2D eigenvalue weighted by molar-refractivity contribution is 5.35. The summed E-state index contributed by atoms with van der Waals surface area (Å²) < 4.78 is 14.8. The predicted octanol–water partition coefficient (Wildman–Crippen LogP) is 0.908. The summed E-state index contributed by atoms with van der Waals surface area (Å²) in [6.45, 7) is 0.500. The third-order valence-corrected chi connectivity index (χ3v) is 2.06. The van der Waals surface area contributed by atoms with Crippen LogP contribution >= 0.6 is 0 Å². The van der Waals surface area contributed by atoms with Gasteiger partial charge in [0.25, 0.3) is 0 Å². The van der Waals surface area contributed by atoms with Crippen molar-refractivity contribution in [1.29, 1.82) is 0 Å². The molecule has 0 saturated carbocycles. The van der Waals surface area contributed by atoms with Crippen LogP contribution in [-0.2, 0) is 6.42 Å². The highest BCUT2D eigenvalue weighted by Crippen LogP contribution is 2.12. The first-order valence-electron chi connectivity index (χ1n) is 4.64. The van der Waals surface area contributed by atoms with Gasteiger partial charge in [-0.2, -0.15) is 5.10 Å². The van der Waals surface area contributed by atoms with E-state index < -0.39 is 0 Å². The van der Waals surface area contributed by atoms with Crippen LogP contribution in [0.15, 0.2) is 30.9 Å². The van der Waals surface area contributed by atoms with E-state index in [9.17, 15) is 4.39 Å². The maximum atomic E-state index is 13.2. The zero-order chi connectivity index (χ0) is 10.7. The Morgan fingerprint density at radius 1 is 1.33 bits per heavy atom. The van der Waals surface area contributed by atoms with E-state index in [0.717, 1.165) is 5.56 Å². The van der Waals surface area contributed by atoms with Crippen LogP contribution in [0.1, 0.15) is 5.56 Å². The molecule has 2 rings (SSSR count). The van der Waals surface area contributed by atoms with Gasteiger partial charge in [-0.15, -0.1) is 0 Å². The lowest BCUT2D eigenvalue weighted by Gasteiger charge is -2.04. The maximum Gasteiger partial charge on any atom is 0.138 e. The number of nitrogens with zero attached hydrogens (tertiary/aromatic N) is 3. The minimum atomic E-state index is -0.286. The molecule has 0 aliphatic heterocycles. The first kappa shape index (κ1) is 9.79. The summed E-state index contributed by atoms with van der Waals surface area (Å²) in [5.41, 5.74) is 6.95. The summed E-state index contributed by atoms with van der Waals surface area (Å²) >= 11 is 0. The predicted molar refractivity (Wildman–Crippen MR) is 54.1 cm³/mol. The summed E-state index contributed by atoms with van der Waals surface area (Å²) in [6.07, 6.45) is 3.59. The molecule has 15 heavy (non-hydrogen) atoms. The van der Waals surface area contributed by atoms with Gasteiger partial charge in [-0.1, -0.05) is 0 Å². The average molecular weight is 206 g/mol. The number of nitrogens with two attached hydrogens (primary N) is 1. The number of aromatic nitrogens is 3. The van der Waals surface area contributed by atoms with Gasteiger partial charge in [-0.25, -0.2) is 14.1 Å². The van der Waals surface area contributed by atoms with Crippen LogP contribution in [0.2, 0.25) is 0 Å². The van der Waals surface area contributed by atoms with E-state index >= 15 is 0 Å². The van der Waals surface area contributed by atoms with Gasteiger partial charge in [0.2, 0.25) is 0 Å². The van der Waals surface area contributed by atoms with Gasteiger partial charge in [0, 0.05) is 0 Å². The molecule has 2 N–H and O–H groups in total.